The summed E-state index contributed by atoms with van der Waals surface area (Å²) in [6.07, 6.45) is 7.24. The van der Waals surface area contributed by atoms with E-state index in [9.17, 15) is 4.79 Å². The van der Waals surface area contributed by atoms with Crippen LogP contribution in [0.1, 0.15) is 52.7 Å². The lowest BCUT2D eigenvalue weighted by molar-refractivity contribution is 0.0285. The van der Waals surface area contributed by atoms with Gasteiger partial charge < -0.3 is 4.74 Å². The summed E-state index contributed by atoms with van der Waals surface area (Å²) in [6.45, 7) is 0. The van der Waals surface area contributed by atoms with Gasteiger partial charge in [0.05, 0.1) is 6.10 Å². The van der Waals surface area contributed by atoms with Crippen molar-refractivity contribution in [2.45, 2.75) is 51.0 Å². The number of carbonyl (C=O) groups is 1. The van der Waals surface area contributed by atoms with E-state index in [1.165, 1.54) is 16.7 Å². The molecule has 1 spiro atoms. The van der Waals surface area contributed by atoms with Crippen LogP contribution < -0.4 is 0 Å². The molecule has 130 valence electrons. The van der Waals surface area contributed by atoms with E-state index in [0.717, 1.165) is 50.5 Å². The third-order valence-electron chi connectivity index (χ3n) is 6.20. The normalized spacial score (nSPS) is 25.3. The Hall–Kier alpha value is -1.93. The Morgan fingerprint density at radius 1 is 1.00 bits per heavy atom. The maximum Gasteiger partial charge on any atom is 0.169 e. The fraction of sp³-hybridized carbons (Fsp3) is 0.435. The zero-order valence-corrected chi connectivity index (χ0v) is 15.0. The topological polar surface area (TPSA) is 26.3 Å². The molecule has 0 saturated heterocycles. The van der Waals surface area contributed by atoms with Crippen molar-refractivity contribution in [2.75, 3.05) is 7.11 Å². The number of rotatable bonds is 4. The second kappa shape index (κ2) is 6.76. The van der Waals surface area contributed by atoms with E-state index >= 15 is 0 Å². The predicted octanol–water partition coefficient (Wildman–Crippen LogP) is 4.79. The average molecular weight is 334 g/mol. The van der Waals surface area contributed by atoms with E-state index in [0.29, 0.717) is 11.9 Å². The van der Waals surface area contributed by atoms with Crippen LogP contribution in [0.4, 0.5) is 0 Å². The van der Waals surface area contributed by atoms with Gasteiger partial charge in [0.15, 0.2) is 5.78 Å². The van der Waals surface area contributed by atoms with Crippen LogP contribution in [0.25, 0.3) is 0 Å². The van der Waals surface area contributed by atoms with Crippen molar-refractivity contribution in [3.63, 3.8) is 0 Å². The molecule has 0 unspecified atom stereocenters. The van der Waals surface area contributed by atoms with Crippen molar-refractivity contribution in [1.29, 1.82) is 0 Å². The third-order valence-corrected chi connectivity index (χ3v) is 6.20. The van der Waals surface area contributed by atoms with E-state index in [1.54, 1.807) is 7.11 Å². The van der Waals surface area contributed by atoms with Gasteiger partial charge in [0.1, 0.15) is 0 Å². The number of hydrogen-bond donors (Lipinski definition) is 0. The molecule has 2 aromatic carbocycles. The van der Waals surface area contributed by atoms with Gasteiger partial charge in [0.25, 0.3) is 0 Å². The van der Waals surface area contributed by atoms with E-state index in [2.05, 4.69) is 48.5 Å². The van der Waals surface area contributed by atoms with E-state index in [-0.39, 0.29) is 5.41 Å². The summed E-state index contributed by atoms with van der Waals surface area (Å²) < 4.78 is 5.49. The number of methoxy groups -OCH3 is 1. The van der Waals surface area contributed by atoms with E-state index in [4.69, 9.17) is 4.74 Å². The lowest BCUT2D eigenvalue weighted by Crippen LogP contribution is -2.35. The quantitative estimate of drug-likeness (QED) is 0.804. The third kappa shape index (κ3) is 3.16. The first-order chi connectivity index (χ1) is 12.2. The first-order valence-corrected chi connectivity index (χ1v) is 9.43. The highest BCUT2D eigenvalue weighted by atomic mass is 16.5. The molecular formula is C23H26O2. The van der Waals surface area contributed by atoms with Crippen LogP contribution in [0.3, 0.4) is 0 Å². The number of ether oxygens (including phenoxy) is 1. The largest absolute Gasteiger partial charge is 0.381 e. The highest BCUT2D eigenvalue weighted by molar-refractivity contribution is 6.05. The molecule has 0 bridgehead atoms. The first-order valence-electron chi connectivity index (χ1n) is 9.43. The minimum atomic E-state index is -0.143. The maximum absolute atomic E-state index is 13.2. The number of benzene rings is 2. The number of carbonyl (C=O) groups excluding carboxylic acids is 1. The van der Waals surface area contributed by atoms with Crippen LogP contribution >= 0.6 is 0 Å². The van der Waals surface area contributed by atoms with Crippen molar-refractivity contribution < 1.29 is 9.53 Å². The molecule has 0 radical (unpaired) electrons. The average Bonchev–Trinajstić information content (AvgIpc) is 2.93. The molecule has 2 aliphatic carbocycles. The Morgan fingerprint density at radius 3 is 2.44 bits per heavy atom. The van der Waals surface area contributed by atoms with Gasteiger partial charge in [0, 0.05) is 18.1 Å². The molecule has 0 N–H and O–H groups in total. The van der Waals surface area contributed by atoms with E-state index in [1.807, 2.05) is 0 Å². The van der Waals surface area contributed by atoms with Crippen molar-refractivity contribution in [1.82, 2.24) is 0 Å². The minimum Gasteiger partial charge on any atom is -0.381 e. The summed E-state index contributed by atoms with van der Waals surface area (Å²) in [5.41, 5.74) is 4.73. The Balaban J connectivity index is 1.49. The number of fused-ring (bicyclic) bond motifs is 1. The molecule has 1 saturated carbocycles. The van der Waals surface area contributed by atoms with Gasteiger partial charge in [-0.15, -0.1) is 0 Å². The summed E-state index contributed by atoms with van der Waals surface area (Å²) in [4.78, 5) is 13.2. The van der Waals surface area contributed by atoms with Crippen LogP contribution in [-0.4, -0.2) is 19.0 Å². The van der Waals surface area contributed by atoms with Gasteiger partial charge in [-0.2, -0.15) is 0 Å². The van der Waals surface area contributed by atoms with Crippen LogP contribution in [0.15, 0.2) is 48.5 Å². The minimum absolute atomic E-state index is 0.143. The summed E-state index contributed by atoms with van der Waals surface area (Å²) in [5, 5.41) is 0. The van der Waals surface area contributed by atoms with Crippen molar-refractivity contribution >= 4 is 5.78 Å². The zero-order valence-electron chi connectivity index (χ0n) is 15.0. The fourth-order valence-electron chi connectivity index (χ4n) is 4.59. The molecule has 4 rings (SSSR count). The standard InChI is InChI=1S/C23H26O2/c1-25-20-11-13-23(14-12-20)16-19-10-9-18(15-21(19)22(23)24)8-7-17-5-3-2-4-6-17/h2-6,9-10,15,20H,7-8,11-14,16H2,1H3/t20-,23-. The number of aryl methyl sites for hydroxylation is 2. The lowest BCUT2D eigenvalue weighted by atomic mass is 9.70. The van der Waals surface area contributed by atoms with Crippen LogP contribution in [0, 0.1) is 5.41 Å². The SMILES string of the molecule is CO[C@H]1CC[C@]2(CC1)Cc1ccc(CCc3ccccc3)cc1C2=O. The molecule has 2 nitrogen and oxygen atoms in total. The highest BCUT2D eigenvalue weighted by Gasteiger charge is 2.47. The Bertz CT molecular complexity index is 755. The van der Waals surface area contributed by atoms with Gasteiger partial charge in [-0.3, -0.25) is 4.79 Å². The molecule has 2 aromatic rings. The molecule has 0 aliphatic heterocycles. The van der Waals surface area contributed by atoms with Crippen LogP contribution in [-0.2, 0) is 24.0 Å². The van der Waals surface area contributed by atoms with E-state index < -0.39 is 0 Å². The molecule has 0 aromatic heterocycles. The van der Waals surface area contributed by atoms with Gasteiger partial charge in [-0.05, 0) is 67.7 Å². The second-order valence-corrected chi connectivity index (χ2v) is 7.70. The highest BCUT2D eigenvalue weighted by Crippen LogP contribution is 2.47. The zero-order chi connectivity index (χ0) is 17.3. The van der Waals surface area contributed by atoms with Gasteiger partial charge in [-0.1, -0.05) is 42.5 Å². The van der Waals surface area contributed by atoms with Crippen LogP contribution in [0.5, 0.6) is 0 Å². The summed E-state index contributed by atoms with van der Waals surface area (Å²) in [5.74, 6) is 0.388. The predicted molar refractivity (Wildman–Crippen MR) is 100 cm³/mol. The van der Waals surface area contributed by atoms with Crippen molar-refractivity contribution in [3.8, 4) is 0 Å². The number of hydrogen-bond acceptors (Lipinski definition) is 2. The monoisotopic (exact) mass is 334 g/mol. The summed E-state index contributed by atoms with van der Waals surface area (Å²) in [6, 6.07) is 17.1. The molecule has 1 fully saturated rings. The molecule has 0 amide bonds. The van der Waals surface area contributed by atoms with Crippen molar-refractivity contribution in [2.24, 2.45) is 5.41 Å². The first kappa shape index (κ1) is 16.5. The van der Waals surface area contributed by atoms with Gasteiger partial charge in [-0.25, -0.2) is 0 Å². The summed E-state index contributed by atoms with van der Waals surface area (Å²) >= 11 is 0. The van der Waals surface area contributed by atoms with Gasteiger partial charge >= 0.3 is 0 Å². The Labute approximate surface area is 150 Å². The molecule has 0 heterocycles. The Kier molecular flexibility index (Phi) is 4.47. The molecule has 2 heteroatoms. The molecule has 25 heavy (non-hydrogen) atoms. The number of Topliss-reactive ketones (excluding diaryl/α,β-unsaturated/α-hetero) is 1. The molecule has 0 atom stereocenters. The van der Waals surface area contributed by atoms with Crippen LogP contribution in [0.2, 0.25) is 0 Å². The second-order valence-electron chi connectivity index (χ2n) is 7.70. The molecular weight excluding hydrogens is 308 g/mol. The Morgan fingerprint density at radius 2 is 1.72 bits per heavy atom. The maximum atomic E-state index is 13.2. The molecule has 2 aliphatic rings. The van der Waals surface area contributed by atoms with Crippen molar-refractivity contribution in [3.05, 3.63) is 70.8 Å². The summed E-state index contributed by atoms with van der Waals surface area (Å²) in [7, 11) is 1.78. The number of ketones is 1. The lowest BCUT2D eigenvalue weighted by Gasteiger charge is -2.35. The smallest absolute Gasteiger partial charge is 0.169 e. The fourth-order valence-corrected chi connectivity index (χ4v) is 4.59. The van der Waals surface area contributed by atoms with Gasteiger partial charge in [0.2, 0.25) is 0 Å².